The van der Waals surface area contributed by atoms with Crippen LogP contribution in [0.15, 0.2) is 36.4 Å². The maximum Gasteiger partial charge on any atom is 0.0908 e. The smallest absolute Gasteiger partial charge is 0.0908 e. The van der Waals surface area contributed by atoms with Crippen LogP contribution in [0.2, 0.25) is 0 Å². The lowest BCUT2D eigenvalue weighted by molar-refractivity contribution is 0.244. The topological polar surface area (TPSA) is 23.8 Å². The molecule has 0 aliphatic heterocycles. The van der Waals surface area contributed by atoms with E-state index >= 15 is 0 Å². The van der Waals surface area contributed by atoms with Crippen molar-refractivity contribution in [3.8, 4) is 6.07 Å². The standard InChI is InChI=1S/C30H45N/c1-2-8-25-16-20-29(21-17-25)30-22-18-28(19-23-30)11-6-5-10-27-14-12-26(13-15-27)9-4-3-7-24-31/h3,7,16-17,20-21,26-28,30H,2,4-6,8-15,18-19,22-23H2,1H3. The number of nitrogens with zero attached hydrogens (tertiary/aromatic N) is 1. The highest BCUT2D eigenvalue weighted by Gasteiger charge is 2.23. The molecule has 1 heteroatoms. The molecule has 0 bridgehead atoms. The van der Waals surface area contributed by atoms with Gasteiger partial charge in [-0.25, -0.2) is 0 Å². The van der Waals surface area contributed by atoms with Gasteiger partial charge in [-0.2, -0.15) is 5.26 Å². The van der Waals surface area contributed by atoms with Crippen molar-refractivity contribution in [2.45, 2.75) is 116 Å². The van der Waals surface area contributed by atoms with Crippen molar-refractivity contribution in [1.82, 2.24) is 0 Å². The molecule has 1 aromatic carbocycles. The molecule has 170 valence electrons. The fourth-order valence-corrected chi connectivity index (χ4v) is 6.17. The van der Waals surface area contributed by atoms with Crippen molar-refractivity contribution in [3.63, 3.8) is 0 Å². The van der Waals surface area contributed by atoms with E-state index in [2.05, 4.69) is 37.3 Å². The summed E-state index contributed by atoms with van der Waals surface area (Å²) in [5, 5.41) is 8.57. The summed E-state index contributed by atoms with van der Waals surface area (Å²) in [7, 11) is 0. The summed E-state index contributed by atoms with van der Waals surface area (Å²) in [6, 6.07) is 11.7. The van der Waals surface area contributed by atoms with E-state index in [0.717, 1.165) is 30.1 Å². The van der Waals surface area contributed by atoms with Crippen LogP contribution in [0.5, 0.6) is 0 Å². The fourth-order valence-electron chi connectivity index (χ4n) is 6.17. The summed E-state index contributed by atoms with van der Waals surface area (Å²) in [6.07, 6.45) is 25.9. The summed E-state index contributed by atoms with van der Waals surface area (Å²) in [4.78, 5) is 0. The average Bonchev–Trinajstić information content (AvgIpc) is 2.82. The van der Waals surface area contributed by atoms with E-state index in [1.807, 2.05) is 6.08 Å². The minimum absolute atomic E-state index is 0.817. The SMILES string of the molecule is CCCc1ccc(C2CCC(CCCCC3CCC(CCC=CC#N)CC3)CC2)cc1. The molecule has 0 amide bonds. The molecule has 0 N–H and O–H groups in total. The Balaban J connectivity index is 1.23. The zero-order valence-electron chi connectivity index (χ0n) is 20.0. The first-order chi connectivity index (χ1) is 15.3. The Kier molecular flexibility index (Phi) is 10.7. The second-order valence-electron chi connectivity index (χ2n) is 10.5. The summed E-state index contributed by atoms with van der Waals surface area (Å²) in [5.74, 6) is 3.72. The lowest BCUT2D eigenvalue weighted by atomic mass is 9.76. The molecule has 0 saturated heterocycles. The molecule has 0 heterocycles. The molecule has 1 nitrogen and oxygen atoms in total. The Bertz CT molecular complexity index is 663. The molecule has 0 atom stereocenters. The van der Waals surface area contributed by atoms with Crippen LogP contribution in [0, 0.1) is 29.1 Å². The Labute approximate surface area is 192 Å². The fraction of sp³-hybridized carbons (Fsp3) is 0.700. The summed E-state index contributed by atoms with van der Waals surface area (Å²) in [5.41, 5.74) is 3.09. The van der Waals surface area contributed by atoms with Crippen LogP contribution in [0.25, 0.3) is 0 Å². The predicted molar refractivity (Wildman–Crippen MR) is 133 cm³/mol. The van der Waals surface area contributed by atoms with E-state index in [0.29, 0.717) is 0 Å². The summed E-state index contributed by atoms with van der Waals surface area (Å²) >= 11 is 0. The van der Waals surface area contributed by atoms with Gasteiger partial charge in [0.25, 0.3) is 0 Å². The van der Waals surface area contributed by atoms with E-state index in [9.17, 15) is 0 Å². The third kappa shape index (κ3) is 8.48. The van der Waals surface area contributed by atoms with Gasteiger partial charge in [-0.1, -0.05) is 95.1 Å². The van der Waals surface area contributed by atoms with Crippen LogP contribution in [0.3, 0.4) is 0 Å². The molecule has 3 rings (SSSR count). The van der Waals surface area contributed by atoms with Crippen molar-refractivity contribution in [1.29, 1.82) is 5.26 Å². The van der Waals surface area contributed by atoms with Crippen molar-refractivity contribution in [2.24, 2.45) is 17.8 Å². The molecule has 0 unspecified atom stereocenters. The van der Waals surface area contributed by atoms with Crippen LogP contribution < -0.4 is 0 Å². The Morgan fingerprint density at radius 2 is 1.35 bits per heavy atom. The number of nitriles is 1. The molecule has 0 radical (unpaired) electrons. The molecule has 31 heavy (non-hydrogen) atoms. The first kappa shape index (κ1) is 24.1. The van der Waals surface area contributed by atoms with Gasteiger partial charge in [0.1, 0.15) is 0 Å². The highest BCUT2D eigenvalue weighted by Crippen LogP contribution is 2.38. The number of unbranched alkanes of at least 4 members (excludes halogenated alkanes) is 1. The Hall–Kier alpha value is -1.55. The molecule has 0 spiro atoms. The third-order valence-electron chi connectivity index (χ3n) is 8.21. The van der Waals surface area contributed by atoms with Crippen molar-refractivity contribution in [2.75, 3.05) is 0 Å². The molecular weight excluding hydrogens is 374 g/mol. The van der Waals surface area contributed by atoms with Crippen LogP contribution in [-0.4, -0.2) is 0 Å². The van der Waals surface area contributed by atoms with Gasteiger partial charge in [0.05, 0.1) is 6.07 Å². The van der Waals surface area contributed by atoms with Crippen molar-refractivity contribution < 1.29 is 0 Å². The van der Waals surface area contributed by atoms with Crippen LogP contribution in [-0.2, 0) is 6.42 Å². The van der Waals surface area contributed by atoms with Gasteiger partial charge in [-0.15, -0.1) is 0 Å². The van der Waals surface area contributed by atoms with Gasteiger partial charge in [-0.05, 0) is 79.7 Å². The molecule has 1 aromatic rings. The van der Waals surface area contributed by atoms with Crippen molar-refractivity contribution >= 4 is 0 Å². The molecule has 2 aliphatic carbocycles. The van der Waals surface area contributed by atoms with Gasteiger partial charge in [-0.3, -0.25) is 0 Å². The second kappa shape index (κ2) is 13.8. The molecule has 2 aliphatic rings. The number of rotatable bonds is 11. The summed E-state index contributed by atoms with van der Waals surface area (Å²) in [6.45, 7) is 2.26. The minimum atomic E-state index is 0.817. The molecule has 0 aromatic heterocycles. The van der Waals surface area contributed by atoms with Gasteiger partial charge < -0.3 is 0 Å². The van der Waals surface area contributed by atoms with Crippen molar-refractivity contribution in [3.05, 3.63) is 47.5 Å². The average molecular weight is 420 g/mol. The van der Waals surface area contributed by atoms with Gasteiger partial charge in [0, 0.05) is 6.08 Å². The molecule has 2 saturated carbocycles. The highest BCUT2D eigenvalue weighted by atomic mass is 14.3. The third-order valence-corrected chi connectivity index (χ3v) is 8.21. The van der Waals surface area contributed by atoms with E-state index in [-0.39, 0.29) is 0 Å². The maximum atomic E-state index is 8.57. The predicted octanol–water partition coefficient (Wildman–Crippen LogP) is 9.14. The monoisotopic (exact) mass is 419 g/mol. The lowest BCUT2D eigenvalue weighted by Crippen LogP contribution is -2.15. The maximum absolute atomic E-state index is 8.57. The highest BCUT2D eigenvalue weighted by molar-refractivity contribution is 5.25. The van der Waals surface area contributed by atoms with E-state index < -0.39 is 0 Å². The van der Waals surface area contributed by atoms with Crippen LogP contribution in [0.1, 0.15) is 120 Å². The van der Waals surface area contributed by atoms with E-state index in [4.69, 9.17) is 5.26 Å². The number of hydrogen-bond donors (Lipinski definition) is 0. The van der Waals surface area contributed by atoms with E-state index in [1.165, 1.54) is 102 Å². The lowest BCUT2D eigenvalue weighted by Gasteiger charge is -2.30. The zero-order valence-corrected chi connectivity index (χ0v) is 20.0. The van der Waals surface area contributed by atoms with Gasteiger partial charge in [0.15, 0.2) is 0 Å². The van der Waals surface area contributed by atoms with Gasteiger partial charge >= 0.3 is 0 Å². The minimum Gasteiger partial charge on any atom is -0.193 e. The quantitative estimate of drug-likeness (QED) is 0.259. The second-order valence-corrected chi connectivity index (χ2v) is 10.5. The zero-order chi connectivity index (χ0) is 21.7. The molecule has 2 fully saturated rings. The summed E-state index contributed by atoms with van der Waals surface area (Å²) < 4.78 is 0. The first-order valence-electron chi connectivity index (χ1n) is 13.4. The number of allylic oxidation sites excluding steroid dienone is 2. The van der Waals surface area contributed by atoms with Crippen LogP contribution >= 0.6 is 0 Å². The first-order valence-corrected chi connectivity index (χ1v) is 13.4. The molecular formula is C30H45N. The largest absolute Gasteiger partial charge is 0.193 e. The number of aryl methyl sites for hydroxylation is 1. The van der Waals surface area contributed by atoms with E-state index in [1.54, 1.807) is 11.6 Å². The Morgan fingerprint density at radius 1 is 0.806 bits per heavy atom. The normalized spacial score (nSPS) is 26.7. The number of benzene rings is 1. The number of hydrogen-bond acceptors (Lipinski definition) is 1. The van der Waals surface area contributed by atoms with Gasteiger partial charge in [0.2, 0.25) is 0 Å². The Morgan fingerprint density at radius 3 is 1.90 bits per heavy atom. The van der Waals surface area contributed by atoms with Crippen LogP contribution in [0.4, 0.5) is 0 Å².